The Bertz CT molecular complexity index is 580. The summed E-state index contributed by atoms with van der Waals surface area (Å²) < 4.78 is 15.8. The van der Waals surface area contributed by atoms with Gasteiger partial charge in [-0.05, 0) is 29.2 Å². The molecule has 4 nitrogen and oxygen atoms in total. The Labute approximate surface area is 106 Å². The summed E-state index contributed by atoms with van der Waals surface area (Å²) >= 11 is 0. The van der Waals surface area contributed by atoms with Gasteiger partial charge in [-0.2, -0.15) is 0 Å². The van der Waals surface area contributed by atoms with Crippen molar-refractivity contribution in [2.24, 2.45) is 11.0 Å². The van der Waals surface area contributed by atoms with Crippen LogP contribution in [0.4, 0.5) is 0 Å². The molecule has 0 bridgehead atoms. The summed E-state index contributed by atoms with van der Waals surface area (Å²) in [5.41, 5.74) is 11.4. The topological polar surface area (TPSA) is 78.3 Å². The standard InChI is InChI=1S/C13H17N2O2P/c14-18(15,16)17-9-3-4-11-7-8-12-5-1-2-6-13(12)10-11/h1-2,5-8,10H,3-4,9H2,(H4,14,15,16). The predicted octanol–water partition coefficient (Wildman–Crippen LogP) is 2.81. The summed E-state index contributed by atoms with van der Waals surface area (Å²) in [7, 11) is -3.33. The van der Waals surface area contributed by atoms with Gasteiger partial charge in [0.2, 0.25) is 0 Å². The Morgan fingerprint density at radius 2 is 1.78 bits per heavy atom. The highest BCUT2D eigenvalue weighted by atomic mass is 31.2. The molecule has 2 aromatic rings. The van der Waals surface area contributed by atoms with E-state index >= 15 is 0 Å². The zero-order chi connectivity index (χ0) is 13.0. The molecular weight excluding hydrogens is 247 g/mol. The third-order valence-electron chi connectivity index (χ3n) is 2.72. The van der Waals surface area contributed by atoms with E-state index < -0.39 is 7.67 Å². The molecule has 0 saturated heterocycles. The first-order valence-electron chi connectivity index (χ1n) is 5.84. The van der Waals surface area contributed by atoms with Crippen LogP contribution in [0.15, 0.2) is 42.5 Å². The molecule has 2 rings (SSSR count). The first-order chi connectivity index (χ1) is 8.54. The first kappa shape index (κ1) is 13.2. The quantitative estimate of drug-likeness (QED) is 0.643. The second-order valence-corrected chi connectivity index (χ2v) is 5.81. The summed E-state index contributed by atoms with van der Waals surface area (Å²) in [4.78, 5) is 0. The lowest BCUT2D eigenvalue weighted by Gasteiger charge is -2.07. The Morgan fingerprint density at radius 1 is 1.06 bits per heavy atom. The van der Waals surface area contributed by atoms with Crippen LogP contribution >= 0.6 is 7.67 Å². The maximum absolute atomic E-state index is 10.9. The lowest BCUT2D eigenvalue weighted by molar-refractivity contribution is 0.308. The van der Waals surface area contributed by atoms with E-state index in [4.69, 9.17) is 15.5 Å². The number of rotatable bonds is 5. The Kier molecular flexibility index (Phi) is 4.15. The summed E-state index contributed by atoms with van der Waals surface area (Å²) in [5, 5.41) is 2.45. The number of aryl methyl sites for hydroxylation is 1. The van der Waals surface area contributed by atoms with Gasteiger partial charge in [0.25, 0.3) is 0 Å². The van der Waals surface area contributed by atoms with E-state index in [1.165, 1.54) is 16.3 Å². The lowest BCUT2D eigenvalue weighted by Crippen LogP contribution is -2.09. The van der Waals surface area contributed by atoms with Crippen molar-refractivity contribution in [2.45, 2.75) is 12.8 Å². The molecule has 0 aromatic heterocycles. The average Bonchev–Trinajstić information content (AvgIpc) is 2.33. The molecule has 0 fully saturated rings. The molecule has 0 spiro atoms. The fraction of sp³-hybridized carbons (Fsp3) is 0.231. The van der Waals surface area contributed by atoms with Crippen LogP contribution in [0, 0.1) is 0 Å². The number of nitrogens with two attached hydrogens (primary N) is 2. The molecular formula is C13H17N2O2P. The fourth-order valence-electron chi connectivity index (χ4n) is 1.88. The molecule has 0 unspecified atom stereocenters. The van der Waals surface area contributed by atoms with Crippen molar-refractivity contribution in [2.75, 3.05) is 6.61 Å². The largest absolute Gasteiger partial charge is 0.335 e. The van der Waals surface area contributed by atoms with E-state index in [2.05, 4.69) is 30.3 Å². The third-order valence-corrected chi connectivity index (χ3v) is 3.30. The molecule has 0 atom stereocenters. The van der Waals surface area contributed by atoms with Crippen molar-refractivity contribution in [1.29, 1.82) is 0 Å². The van der Waals surface area contributed by atoms with E-state index in [0.717, 1.165) is 12.8 Å². The van der Waals surface area contributed by atoms with Crippen LogP contribution in [0.3, 0.4) is 0 Å². The second kappa shape index (κ2) is 5.63. The lowest BCUT2D eigenvalue weighted by atomic mass is 10.0. The average molecular weight is 264 g/mol. The molecule has 0 radical (unpaired) electrons. The Balaban J connectivity index is 1.94. The molecule has 0 aliphatic heterocycles. The van der Waals surface area contributed by atoms with Crippen LogP contribution in [-0.2, 0) is 15.5 Å². The van der Waals surface area contributed by atoms with E-state index in [1.807, 2.05) is 12.1 Å². The highest BCUT2D eigenvalue weighted by Gasteiger charge is 2.07. The second-order valence-electron chi connectivity index (χ2n) is 4.26. The number of benzene rings is 2. The molecule has 18 heavy (non-hydrogen) atoms. The highest BCUT2D eigenvalue weighted by Crippen LogP contribution is 2.26. The van der Waals surface area contributed by atoms with Crippen molar-refractivity contribution in [3.8, 4) is 0 Å². The van der Waals surface area contributed by atoms with E-state index in [-0.39, 0.29) is 0 Å². The molecule has 0 saturated carbocycles. The van der Waals surface area contributed by atoms with Crippen molar-refractivity contribution in [3.63, 3.8) is 0 Å². The smallest absolute Gasteiger partial charge is 0.306 e. The number of hydrogen-bond acceptors (Lipinski definition) is 2. The van der Waals surface area contributed by atoms with Crippen molar-refractivity contribution in [1.82, 2.24) is 0 Å². The summed E-state index contributed by atoms with van der Waals surface area (Å²) in [6.45, 7) is 0.317. The van der Waals surface area contributed by atoms with Crippen molar-refractivity contribution >= 4 is 18.4 Å². The molecule has 0 aliphatic carbocycles. The van der Waals surface area contributed by atoms with Gasteiger partial charge in [-0.25, -0.2) is 11.0 Å². The third kappa shape index (κ3) is 3.93. The van der Waals surface area contributed by atoms with Crippen molar-refractivity contribution in [3.05, 3.63) is 48.0 Å². The van der Waals surface area contributed by atoms with Gasteiger partial charge >= 0.3 is 7.67 Å². The summed E-state index contributed by atoms with van der Waals surface area (Å²) in [6.07, 6.45) is 1.60. The predicted molar refractivity (Wildman–Crippen MR) is 74.2 cm³/mol. The molecule has 0 heterocycles. The maximum Gasteiger partial charge on any atom is 0.335 e. The van der Waals surface area contributed by atoms with Gasteiger partial charge in [0, 0.05) is 0 Å². The molecule has 96 valence electrons. The summed E-state index contributed by atoms with van der Waals surface area (Å²) in [6, 6.07) is 14.6. The van der Waals surface area contributed by atoms with Gasteiger partial charge < -0.3 is 4.52 Å². The number of hydrogen-bond donors (Lipinski definition) is 2. The van der Waals surface area contributed by atoms with Crippen LogP contribution in [0.2, 0.25) is 0 Å². The van der Waals surface area contributed by atoms with Gasteiger partial charge in [0.15, 0.2) is 0 Å². The number of fused-ring (bicyclic) bond motifs is 1. The summed E-state index contributed by atoms with van der Waals surface area (Å²) in [5.74, 6) is 0. The zero-order valence-corrected chi connectivity index (χ0v) is 11.0. The van der Waals surface area contributed by atoms with Crippen LogP contribution in [0.1, 0.15) is 12.0 Å². The normalized spacial score (nSPS) is 11.9. The minimum atomic E-state index is -3.33. The highest BCUT2D eigenvalue weighted by molar-refractivity contribution is 7.53. The van der Waals surface area contributed by atoms with Gasteiger partial charge in [0.1, 0.15) is 0 Å². The zero-order valence-electron chi connectivity index (χ0n) is 10.1. The maximum atomic E-state index is 10.9. The minimum Gasteiger partial charge on any atom is -0.306 e. The molecule has 5 heteroatoms. The van der Waals surface area contributed by atoms with Gasteiger partial charge in [-0.1, -0.05) is 42.5 Å². The van der Waals surface area contributed by atoms with Crippen LogP contribution in [-0.4, -0.2) is 6.61 Å². The monoisotopic (exact) mass is 264 g/mol. The fourth-order valence-corrected chi connectivity index (χ4v) is 2.29. The minimum absolute atomic E-state index is 0.317. The van der Waals surface area contributed by atoms with Crippen LogP contribution in [0.5, 0.6) is 0 Å². The molecule has 2 aromatic carbocycles. The molecule has 0 amide bonds. The van der Waals surface area contributed by atoms with Gasteiger partial charge in [0.05, 0.1) is 6.61 Å². The van der Waals surface area contributed by atoms with Gasteiger partial charge in [-0.3, -0.25) is 4.57 Å². The first-order valence-corrected chi connectivity index (χ1v) is 7.60. The van der Waals surface area contributed by atoms with Crippen LogP contribution < -0.4 is 11.0 Å². The Morgan fingerprint density at radius 3 is 2.50 bits per heavy atom. The molecule has 4 N–H and O–H groups in total. The Hall–Kier alpha value is -1.19. The molecule has 0 aliphatic rings. The van der Waals surface area contributed by atoms with E-state index in [1.54, 1.807) is 0 Å². The SMILES string of the molecule is NP(N)(=O)OCCCc1ccc2ccccc2c1. The van der Waals surface area contributed by atoms with E-state index in [0.29, 0.717) is 6.61 Å². The van der Waals surface area contributed by atoms with E-state index in [9.17, 15) is 4.57 Å². The van der Waals surface area contributed by atoms with Crippen LogP contribution in [0.25, 0.3) is 10.8 Å². The van der Waals surface area contributed by atoms with Crippen molar-refractivity contribution < 1.29 is 9.09 Å². The van der Waals surface area contributed by atoms with Gasteiger partial charge in [-0.15, -0.1) is 0 Å².